The van der Waals surface area contributed by atoms with E-state index < -0.39 is 0 Å². The molecular weight excluding hydrogens is 300 g/mol. The summed E-state index contributed by atoms with van der Waals surface area (Å²) in [5, 5.41) is 0.765. The number of aryl methyl sites for hydroxylation is 1. The molecule has 0 spiro atoms. The van der Waals surface area contributed by atoms with E-state index in [9.17, 15) is 0 Å². The molecule has 4 heteroatoms. The van der Waals surface area contributed by atoms with Crippen LogP contribution in [-0.2, 0) is 6.54 Å². The van der Waals surface area contributed by atoms with Crippen LogP contribution >= 0.6 is 23.8 Å². The number of halogens is 1. The Hall–Kier alpha value is -0.800. The predicted octanol–water partition coefficient (Wildman–Crippen LogP) is 6.49. The van der Waals surface area contributed by atoms with Gasteiger partial charge in [-0.25, -0.2) is 0 Å². The molecule has 21 heavy (non-hydrogen) atoms. The maximum Gasteiger partial charge on any atom is 0.178 e. The molecule has 0 unspecified atom stereocenters. The molecule has 1 heterocycles. The molecule has 1 N–H and O–H groups in total. The number of aromatic nitrogens is 2. The normalized spacial score (nSPS) is 11.3. The van der Waals surface area contributed by atoms with Crippen LogP contribution in [0.1, 0.15) is 58.3 Å². The van der Waals surface area contributed by atoms with E-state index in [0.29, 0.717) is 0 Å². The van der Waals surface area contributed by atoms with Gasteiger partial charge in [0.2, 0.25) is 0 Å². The second kappa shape index (κ2) is 8.60. The minimum atomic E-state index is 0.765. The van der Waals surface area contributed by atoms with E-state index in [1.807, 2.05) is 18.2 Å². The molecule has 0 radical (unpaired) electrons. The van der Waals surface area contributed by atoms with Gasteiger partial charge < -0.3 is 9.55 Å². The topological polar surface area (TPSA) is 20.7 Å². The maximum atomic E-state index is 6.08. The third-order valence-corrected chi connectivity index (χ3v) is 4.53. The number of H-pyrrole nitrogens is 1. The summed E-state index contributed by atoms with van der Waals surface area (Å²) in [5.74, 6) is 0. The number of benzene rings is 1. The van der Waals surface area contributed by atoms with Crippen LogP contribution in [0.25, 0.3) is 11.0 Å². The van der Waals surface area contributed by atoms with Crippen LogP contribution in [0.5, 0.6) is 0 Å². The number of rotatable bonds is 9. The van der Waals surface area contributed by atoms with E-state index in [-0.39, 0.29) is 0 Å². The smallest absolute Gasteiger partial charge is 0.178 e. The number of aromatic amines is 1. The number of nitrogens with one attached hydrogen (secondary N) is 1. The highest BCUT2D eigenvalue weighted by molar-refractivity contribution is 7.71. The van der Waals surface area contributed by atoms with Crippen molar-refractivity contribution in [2.75, 3.05) is 0 Å². The van der Waals surface area contributed by atoms with Crippen LogP contribution in [0.2, 0.25) is 5.02 Å². The average molecular weight is 325 g/mol. The first kappa shape index (κ1) is 16.6. The lowest BCUT2D eigenvalue weighted by molar-refractivity contribution is 0.546. The van der Waals surface area contributed by atoms with Crippen molar-refractivity contribution in [3.05, 3.63) is 28.0 Å². The summed E-state index contributed by atoms with van der Waals surface area (Å²) >= 11 is 11.5. The van der Waals surface area contributed by atoms with Crippen molar-refractivity contribution in [2.24, 2.45) is 0 Å². The monoisotopic (exact) mass is 324 g/mol. The van der Waals surface area contributed by atoms with Gasteiger partial charge in [-0.2, -0.15) is 0 Å². The molecule has 0 aliphatic carbocycles. The van der Waals surface area contributed by atoms with Crippen LogP contribution in [0.15, 0.2) is 18.2 Å². The highest BCUT2D eigenvalue weighted by Gasteiger charge is 2.04. The molecule has 116 valence electrons. The number of fused-ring (bicyclic) bond motifs is 1. The first-order valence-electron chi connectivity index (χ1n) is 8.10. The Kier molecular flexibility index (Phi) is 6.78. The zero-order valence-corrected chi connectivity index (χ0v) is 14.4. The van der Waals surface area contributed by atoms with Crippen molar-refractivity contribution >= 4 is 34.9 Å². The van der Waals surface area contributed by atoms with E-state index in [2.05, 4.69) is 16.5 Å². The van der Waals surface area contributed by atoms with Gasteiger partial charge in [-0.3, -0.25) is 0 Å². The van der Waals surface area contributed by atoms with Gasteiger partial charge in [-0.05, 0) is 36.8 Å². The Morgan fingerprint density at radius 2 is 1.71 bits per heavy atom. The Morgan fingerprint density at radius 1 is 1.05 bits per heavy atom. The van der Waals surface area contributed by atoms with Crippen molar-refractivity contribution in [3.8, 4) is 0 Å². The Balaban J connectivity index is 1.80. The fourth-order valence-corrected chi connectivity index (χ4v) is 3.22. The molecule has 0 saturated carbocycles. The van der Waals surface area contributed by atoms with Crippen LogP contribution in [0.4, 0.5) is 0 Å². The van der Waals surface area contributed by atoms with Gasteiger partial charge in [0.05, 0.1) is 11.0 Å². The van der Waals surface area contributed by atoms with Gasteiger partial charge in [0, 0.05) is 11.6 Å². The average Bonchev–Trinajstić information content (AvgIpc) is 2.77. The second-order valence-electron chi connectivity index (χ2n) is 5.72. The second-order valence-corrected chi connectivity index (χ2v) is 6.54. The van der Waals surface area contributed by atoms with E-state index in [4.69, 9.17) is 23.8 Å². The maximum absolute atomic E-state index is 6.08. The molecule has 0 bridgehead atoms. The lowest BCUT2D eigenvalue weighted by atomic mass is 10.1. The molecule has 0 saturated heterocycles. The van der Waals surface area contributed by atoms with E-state index in [1.165, 1.54) is 51.4 Å². The Labute approximate surface area is 137 Å². The molecule has 2 nitrogen and oxygen atoms in total. The molecule has 2 aromatic rings. The van der Waals surface area contributed by atoms with Crippen molar-refractivity contribution in [1.82, 2.24) is 9.55 Å². The summed E-state index contributed by atoms with van der Waals surface area (Å²) in [7, 11) is 0. The van der Waals surface area contributed by atoms with Crippen LogP contribution in [0, 0.1) is 4.77 Å². The molecular formula is C17H25ClN2S. The van der Waals surface area contributed by atoms with Gasteiger partial charge in [-0.15, -0.1) is 0 Å². The standard InChI is InChI=1S/C17H25ClN2S/c1-2-3-4-5-6-7-8-9-12-20-16-13-14(18)10-11-15(16)19-17(20)21/h10-11,13H,2-9,12H2,1H3,(H,19,21). The highest BCUT2D eigenvalue weighted by atomic mass is 35.5. The third kappa shape index (κ3) is 4.86. The molecule has 2 rings (SSSR count). The van der Waals surface area contributed by atoms with Gasteiger partial charge in [0.15, 0.2) is 4.77 Å². The lowest BCUT2D eigenvalue weighted by Crippen LogP contribution is -1.98. The molecule has 1 aromatic heterocycles. The number of unbranched alkanes of at least 4 members (excludes halogenated alkanes) is 7. The lowest BCUT2D eigenvalue weighted by Gasteiger charge is -2.05. The summed E-state index contributed by atoms with van der Waals surface area (Å²) in [6.45, 7) is 3.24. The molecule has 0 fully saturated rings. The van der Waals surface area contributed by atoms with Gasteiger partial charge in [0.25, 0.3) is 0 Å². The number of imidazole rings is 1. The van der Waals surface area contributed by atoms with Crippen LogP contribution < -0.4 is 0 Å². The van der Waals surface area contributed by atoms with Crippen LogP contribution in [-0.4, -0.2) is 9.55 Å². The Morgan fingerprint density at radius 3 is 2.43 bits per heavy atom. The number of nitrogens with zero attached hydrogens (tertiary/aromatic N) is 1. The van der Waals surface area contributed by atoms with Crippen molar-refractivity contribution in [1.29, 1.82) is 0 Å². The van der Waals surface area contributed by atoms with Crippen molar-refractivity contribution in [3.63, 3.8) is 0 Å². The summed E-state index contributed by atoms with van der Waals surface area (Å²) in [5.41, 5.74) is 2.19. The fraction of sp³-hybridized carbons (Fsp3) is 0.588. The molecule has 0 amide bonds. The number of hydrogen-bond donors (Lipinski definition) is 1. The van der Waals surface area contributed by atoms with E-state index in [0.717, 1.165) is 27.4 Å². The highest BCUT2D eigenvalue weighted by Crippen LogP contribution is 2.20. The first-order chi connectivity index (χ1) is 10.2. The summed E-state index contributed by atoms with van der Waals surface area (Å²) in [4.78, 5) is 3.25. The molecule has 0 atom stereocenters. The van der Waals surface area contributed by atoms with Crippen molar-refractivity contribution in [2.45, 2.75) is 64.8 Å². The van der Waals surface area contributed by atoms with Gasteiger partial charge in [-0.1, -0.05) is 63.5 Å². The summed E-state index contributed by atoms with van der Waals surface area (Å²) in [6, 6.07) is 5.89. The first-order valence-corrected chi connectivity index (χ1v) is 8.89. The minimum absolute atomic E-state index is 0.765. The molecule has 0 aliphatic heterocycles. The fourth-order valence-electron chi connectivity index (χ4n) is 2.75. The minimum Gasteiger partial charge on any atom is -0.331 e. The summed E-state index contributed by atoms with van der Waals surface area (Å²) < 4.78 is 2.98. The zero-order valence-electron chi connectivity index (χ0n) is 12.8. The van der Waals surface area contributed by atoms with E-state index >= 15 is 0 Å². The quantitative estimate of drug-likeness (QED) is 0.413. The summed E-state index contributed by atoms with van der Waals surface area (Å²) in [6.07, 6.45) is 10.6. The zero-order chi connectivity index (χ0) is 15.1. The van der Waals surface area contributed by atoms with Gasteiger partial charge >= 0.3 is 0 Å². The van der Waals surface area contributed by atoms with Gasteiger partial charge in [0.1, 0.15) is 0 Å². The largest absolute Gasteiger partial charge is 0.331 e. The van der Waals surface area contributed by atoms with Crippen molar-refractivity contribution < 1.29 is 0 Å². The molecule has 0 aliphatic rings. The predicted molar refractivity (Wildman–Crippen MR) is 94.7 cm³/mol. The SMILES string of the molecule is CCCCCCCCCCn1c(=S)[nH]c2ccc(Cl)cc21. The molecule has 1 aromatic carbocycles. The van der Waals surface area contributed by atoms with Crippen LogP contribution in [0.3, 0.4) is 0 Å². The van der Waals surface area contributed by atoms with E-state index in [1.54, 1.807) is 0 Å². The third-order valence-electron chi connectivity index (χ3n) is 3.97. The number of hydrogen-bond acceptors (Lipinski definition) is 1. The Bertz CT molecular complexity index is 615.